The van der Waals surface area contributed by atoms with Crippen LogP contribution in [-0.2, 0) is 9.59 Å². The Balaban J connectivity index is 1.63. The number of hydrogen-bond acceptors (Lipinski definition) is 3. The third-order valence-corrected chi connectivity index (χ3v) is 5.71. The SMILES string of the molecule is CC(=O)NC(CC(=O)N1CCCN(C(=O)c2ccccc2)CC1)c1ccc(Br)cc1. The van der Waals surface area contributed by atoms with Crippen molar-refractivity contribution < 1.29 is 14.4 Å². The number of carbonyl (C=O) groups excluding carboxylic acids is 3. The van der Waals surface area contributed by atoms with Crippen LogP contribution in [0.4, 0.5) is 0 Å². The van der Waals surface area contributed by atoms with Crippen LogP contribution in [0.1, 0.15) is 41.7 Å². The molecule has 1 unspecified atom stereocenters. The number of carbonyl (C=O) groups is 3. The Bertz CT molecular complexity index is 886. The molecule has 2 aromatic carbocycles. The Morgan fingerprint density at radius 3 is 2.23 bits per heavy atom. The lowest BCUT2D eigenvalue weighted by molar-refractivity contribution is -0.131. The first-order valence-electron chi connectivity index (χ1n) is 10.1. The van der Waals surface area contributed by atoms with Gasteiger partial charge in [0.15, 0.2) is 0 Å². The number of halogens is 1. The molecule has 0 saturated carbocycles. The molecule has 158 valence electrons. The van der Waals surface area contributed by atoms with E-state index in [1.54, 1.807) is 4.90 Å². The molecule has 3 rings (SSSR count). The third kappa shape index (κ3) is 5.92. The van der Waals surface area contributed by atoms with Crippen molar-refractivity contribution >= 4 is 33.7 Å². The summed E-state index contributed by atoms with van der Waals surface area (Å²) in [6.07, 6.45) is 0.918. The maximum absolute atomic E-state index is 13.0. The molecule has 1 atom stereocenters. The van der Waals surface area contributed by atoms with E-state index in [4.69, 9.17) is 0 Å². The number of amides is 3. The number of benzene rings is 2. The van der Waals surface area contributed by atoms with Crippen LogP contribution in [-0.4, -0.2) is 53.7 Å². The van der Waals surface area contributed by atoms with Crippen molar-refractivity contribution in [3.63, 3.8) is 0 Å². The Morgan fingerprint density at radius 2 is 1.57 bits per heavy atom. The number of nitrogens with zero attached hydrogens (tertiary/aromatic N) is 2. The summed E-state index contributed by atoms with van der Waals surface area (Å²) < 4.78 is 0.940. The van der Waals surface area contributed by atoms with Crippen molar-refractivity contribution in [2.45, 2.75) is 25.8 Å². The lowest BCUT2D eigenvalue weighted by Crippen LogP contribution is -2.39. The minimum atomic E-state index is -0.381. The van der Waals surface area contributed by atoms with Gasteiger partial charge in [-0.05, 0) is 36.2 Å². The predicted molar refractivity (Wildman–Crippen MR) is 119 cm³/mol. The van der Waals surface area contributed by atoms with Gasteiger partial charge in [0.25, 0.3) is 5.91 Å². The van der Waals surface area contributed by atoms with E-state index in [0.29, 0.717) is 31.7 Å². The van der Waals surface area contributed by atoms with Crippen LogP contribution in [0.2, 0.25) is 0 Å². The minimum Gasteiger partial charge on any atom is -0.349 e. The first-order valence-corrected chi connectivity index (χ1v) is 10.9. The van der Waals surface area contributed by atoms with Gasteiger partial charge in [-0.3, -0.25) is 14.4 Å². The zero-order valence-electron chi connectivity index (χ0n) is 17.0. The van der Waals surface area contributed by atoms with E-state index in [2.05, 4.69) is 21.2 Å². The highest BCUT2D eigenvalue weighted by Crippen LogP contribution is 2.21. The van der Waals surface area contributed by atoms with Gasteiger partial charge in [-0.1, -0.05) is 46.3 Å². The van der Waals surface area contributed by atoms with E-state index in [1.807, 2.05) is 59.5 Å². The maximum atomic E-state index is 13.0. The largest absolute Gasteiger partial charge is 0.349 e. The first-order chi connectivity index (χ1) is 14.4. The van der Waals surface area contributed by atoms with Gasteiger partial charge in [0, 0.05) is 43.1 Å². The quantitative estimate of drug-likeness (QED) is 0.726. The fourth-order valence-corrected chi connectivity index (χ4v) is 3.89. The first kappa shape index (κ1) is 22.0. The van der Waals surface area contributed by atoms with Crippen molar-refractivity contribution in [2.24, 2.45) is 0 Å². The summed E-state index contributed by atoms with van der Waals surface area (Å²) in [7, 11) is 0. The van der Waals surface area contributed by atoms with E-state index in [1.165, 1.54) is 6.92 Å². The Kier molecular flexibility index (Phi) is 7.63. The standard InChI is InChI=1S/C23H26BrN3O3/c1-17(28)25-21(18-8-10-20(24)11-9-18)16-22(29)26-12-5-13-27(15-14-26)23(30)19-6-3-2-4-7-19/h2-4,6-11,21H,5,12-16H2,1H3,(H,25,28). The summed E-state index contributed by atoms with van der Waals surface area (Å²) in [4.78, 5) is 41.0. The molecule has 0 spiro atoms. The lowest BCUT2D eigenvalue weighted by Gasteiger charge is -2.25. The molecule has 1 aliphatic heterocycles. The molecule has 0 aliphatic carbocycles. The normalized spacial score (nSPS) is 15.3. The van der Waals surface area contributed by atoms with E-state index in [-0.39, 0.29) is 30.2 Å². The Labute approximate surface area is 185 Å². The summed E-state index contributed by atoms with van der Waals surface area (Å²) in [6.45, 7) is 3.67. The van der Waals surface area contributed by atoms with Crippen LogP contribution in [0.3, 0.4) is 0 Å². The fraction of sp³-hybridized carbons (Fsp3) is 0.348. The van der Waals surface area contributed by atoms with Crippen LogP contribution >= 0.6 is 15.9 Å². The smallest absolute Gasteiger partial charge is 0.253 e. The highest BCUT2D eigenvalue weighted by Gasteiger charge is 2.25. The summed E-state index contributed by atoms with van der Waals surface area (Å²) in [5.41, 5.74) is 1.55. The molecular formula is C23H26BrN3O3. The van der Waals surface area contributed by atoms with Gasteiger partial charge < -0.3 is 15.1 Å². The van der Waals surface area contributed by atoms with Crippen molar-refractivity contribution in [1.29, 1.82) is 0 Å². The highest BCUT2D eigenvalue weighted by atomic mass is 79.9. The molecule has 0 bridgehead atoms. The van der Waals surface area contributed by atoms with E-state index < -0.39 is 0 Å². The third-order valence-electron chi connectivity index (χ3n) is 5.19. The highest BCUT2D eigenvalue weighted by molar-refractivity contribution is 9.10. The minimum absolute atomic E-state index is 0.00381. The van der Waals surface area contributed by atoms with Gasteiger partial charge in [0.05, 0.1) is 12.5 Å². The molecule has 1 fully saturated rings. The van der Waals surface area contributed by atoms with Gasteiger partial charge in [-0.2, -0.15) is 0 Å². The molecule has 1 heterocycles. The number of hydrogen-bond donors (Lipinski definition) is 1. The van der Waals surface area contributed by atoms with Crippen LogP contribution < -0.4 is 5.32 Å². The molecular weight excluding hydrogens is 446 g/mol. The second-order valence-corrected chi connectivity index (χ2v) is 8.32. The van der Waals surface area contributed by atoms with Crippen LogP contribution in [0, 0.1) is 0 Å². The monoisotopic (exact) mass is 471 g/mol. The predicted octanol–water partition coefficient (Wildman–Crippen LogP) is 3.39. The van der Waals surface area contributed by atoms with Crippen LogP contribution in [0.5, 0.6) is 0 Å². The van der Waals surface area contributed by atoms with E-state index in [9.17, 15) is 14.4 Å². The Morgan fingerprint density at radius 1 is 0.933 bits per heavy atom. The average Bonchev–Trinajstić information content (AvgIpc) is 3.00. The maximum Gasteiger partial charge on any atom is 0.253 e. The lowest BCUT2D eigenvalue weighted by atomic mass is 10.0. The van der Waals surface area contributed by atoms with E-state index >= 15 is 0 Å². The van der Waals surface area contributed by atoms with Gasteiger partial charge in [-0.15, -0.1) is 0 Å². The van der Waals surface area contributed by atoms with Crippen molar-refractivity contribution in [3.8, 4) is 0 Å². The zero-order valence-corrected chi connectivity index (χ0v) is 18.6. The number of rotatable bonds is 5. The Hall–Kier alpha value is -2.67. The summed E-state index contributed by atoms with van der Waals surface area (Å²) >= 11 is 3.41. The van der Waals surface area contributed by atoms with Gasteiger partial charge >= 0.3 is 0 Å². The van der Waals surface area contributed by atoms with Crippen molar-refractivity contribution in [2.75, 3.05) is 26.2 Å². The average molecular weight is 472 g/mol. The molecule has 7 heteroatoms. The summed E-state index contributed by atoms with van der Waals surface area (Å²) in [5, 5.41) is 2.88. The second kappa shape index (κ2) is 10.4. The molecule has 0 radical (unpaired) electrons. The topological polar surface area (TPSA) is 69.7 Å². The summed E-state index contributed by atoms with van der Waals surface area (Å²) in [6, 6.07) is 16.4. The summed E-state index contributed by atoms with van der Waals surface area (Å²) in [5.74, 6) is -0.201. The molecule has 3 amide bonds. The molecule has 1 aliphatic rings. The van der Waals surface area contributed by atoms with E-state index in [0.717, 1.165) is 16.5 Å². The zero-order chi connectivity index (χ0) is 21.5. The molecule has 1 saturated heterocycles. The van der Waals surface area contributed by atoms with Crippen molar-refractivity contribution in [3.05, 3.63) is 70.2 Å². The van der Waals surface area contributed by atoms with Gasteiger partial charge in [0.1, 0.15) is 0 Å². The van der Waals surface area contributed by atoms with Gasteiger partial charge in [0.2, 0.25) is 11.8 Å². The molecule has 2 aromatic rings. The molecule has 30 heavy (non-hydrogen) atoms. The molecule has 6 nitrogen and oxygen atoms in total. The molecule has 0 aromatic heterocycles. The molecule has 1 N–H and O–H groups in total. The van der Waals surface area contributed by atoms with Gasteiger partial charge in [-0.25, -0.2) is 0 Å². The second-order valence-electron chi connectivity index (χ2n) is 7.40. The number of nitrogens with one attached hydrogen (secondary N) is 1. The van der Waals surface area contributed by atoms with Crippen molar-refractivity contribution in [1.82, 2.24) is 15.1 Å². The fourth-order valence-electron chi connectivity index (χ4n) is 3.63. The van der Waals surface area contributed by atoms with Crippen LogP contribution in [0.25, 0.3) is 0 Å². The van der Waals surface area contributed by atoms with Crippen LogP contribution in [0.15, 0.2) is 59.1 Å².